The summed E-state index contributed by atoms with van der Waals surface area (Å²) >= 11 is 9.62. The first-order chi connectivity index (χ1) is 9.02. The molecule has 1 heterocycles. The Balaban J connectivity index is 2.43. The fraction of sp³-hybridized carbons (Fsp3) is 0.214. The van der Waals surface area contributed by atoms with Crippen molar-refractivity contribution in [3.8, 4) is 5.75 Å². The number of aromatic nitrogens is 1. The molecule has 0 saturated carbocycles. The molecule has 0 atom stereocenters. The van der Waals surface area contributed by atoms with Crippen LogP contribution >= 0.6 is 27.5 Å². The van der Waals surface area contributed by atoms with Crippen LogP contribution in [0.15, 0.2) is 28.9 Å². The van der Waals surface area contributed by atoms with Crippen LogP contribution < -0.4 is 10.1 Å². The van der Waals surface area contributed by atoms with Crippen molar-refractivity contribution in [1.29, 1.82) is 0 Å². The van der Waals surface area contributed by atoms with Gasteiger partial charge in [-0.05, 0) is 53.0 Å². The number of aryl methyl sites for hydroxylation is 2. The fourth-order valence-electron chi connectivity index (χ4n) is 1.68. The number of nitrogens with zero attached hydrogens (tertiary/aromatic N) is 1. The molecule has 0 fully saturated rings. The van der Waals surface area contributed by atoms with E-state index in [1.54, 1.807) is 19.4 Å². The van der Waals surface area contributed by atoms with Crippen LogP contribution in [0.5, 0.6) is 5.75 Å². The molecule has 0 amide bonds. The quantitative estimate of drug-likeness (QED) is 0.865. The second kappa shape index (κ2) is 5.80. The summed E-state index contributed by atoms with van der Waals surface area (Å²) in [6.45, 7) is 3.97. The van der Waals surface area contributed by atoms with Crippen molar-refractivity contribution in [3.63, 3.8) is 0 Å². The number of hydrogen-bond acceptors (Lipinski definition) is 3. The average Bonchev–Trinajstić information content (AvgIpc) is 2.39. The lowest BCUT2D eigenvalue weighted by atomic mass is 10.2. The van der Waals surface area contributed by atoms with Crippen LogP contribution in [-0.4, -0.2) is 12.1 Å². The van der Waals surface area contributed by atoms with Gasteiger partial charge in [0.15, 0.2) is 0 Å². The summed E-state index contributed by atoms with van der Waals surface area (Å²) in [4.78, 5) is 4.32. The Morgan fingerprint density at radius 3 is 2.68 bits per heavy atom. The van der Waals surface area contributed by atoms with E-state index in [-0.39, 0.29) is 0 Å². The Bertz CT molecular complexity index is 617. The summed E-state index contributed by atoms with van der Waals surface area (Å²) in [5, 5.41) is 3.94. The van der Waals surface area contributed by atoms with Crippen molar-refractivity contribution < 1.29 is 4.74 Å². The van der Waals surface area contributed by atoms with E-state index in [4.69, 9.17) is 16.3 Å². The molecule has 0 aliphatic carbocycles. The SMILES string of the molecule is COc1cc(Cl)c(C)cc1Nc1nccc(C)c1Br. The highest BCUT2D eigenvalue weighted by Crippen LogP contribution is 2.34. The lowest BCUT2D eigenvalue weighted by Gasteiger charge is -2.14. The summed E-state index contributed by atoms with van der Waals surface area (Å²) < 4.78 is 6.27. The van der Waals surface area contributed by atoms with Crippen LogP contribution in [0.2, 0.25) is 5.02 Å². The molecule has 5 heteroatoms. The standard InChI is InChI=1S/C14H14BrClN2O/c1-8-4-5-17-14(13(8)15)18-11-6-9(2)10(16)7-12(11)19-3/h4-7H,1-3H3,(H,17,18). The molecule has 0 radical (unpaired) electrons. The van der Waals surface area contributed by atoms with Gasteiger partial charge in [-0.3, -0.25) is 0 Å². The maximum absolute atomic E-state index is 6.09. The minimum atomic E-state index is 0.679. The summed E-state index contributed by atoms with van der Waals surface area (Å²) in [6.07, 6.45) is 1.76. The van der Waals surface area contributed by atoms with Crippen LogP contribution in [-0.2, 0) is 0 Å². The Morgan fingerprint density at radius 2 is 2.00 bits per heavy atom. The monoisotopic (exact) mass is 340 g/mol. The second-order valence-electron chi connectivity index (χ2n) is 4.22. The number of nitrogens with one attached hydrogen (secondary N) is 1. The number of benzene rings is 1. The molecule has 100 valence electrons. The largest absolute Gasteiger partial charge is 0.495 e. The Morgan fingerprint density at radius 1 is 1.26 bits per heavy atom. The molecule has 0 unspecified atom stereocenters. The van der Waals surface area contributed by atoms with E-state index in [1.807, 2.05) is 26.0 Å². The van der Waals surface area contributed by atoms with Gasteiger partial charge in [0.1, 0.15) is 11.6 Å². The van der Waals surface area contributed by atoms with Gasteiger partial charge in [0.2, 0.25) is 0 Å². The summed E-state index contributed by atoms with van der Waals surface area (Å²) in [5.41, 5.74) is 2.93. The molecular weight excluding hydrogens is 328 g/mol. The van der Waals surface area contributed by atoms with Gasteiger partial charge in [-0.1, -0.05) is 11.6 Å². The van der Waals surface area contributed by atoms with Gasteiger partial charge >= 0.3 is 0 Å². The van der Waals surface area contributed by atoms with Gasteiger partial charge in [-0.15, -0.1) is 0 Å². The molecule has 0 saturated heterocycles. The van der Waals surface area contributed by atoms with Crippen LogP contribution in [0.4, 0.5) is 11.5 Å². The number of pyridine rings is 1. The third kappa shape index (κ3) is 3.01. The zero-order valence-electron chi connectivity index (χ0n) is 10.9. The highest BCUT2D eigenvalue weighted by Gasteiger charge is 2.10. The number of rotatable bonds is 3. The molecule has 19 heavy (non-hydrogen) atoms. The third-order valence-electron chi connectivity index (χ3n) is 2.82. The molecule has 1 aromatic heterocycles. The van der Waals surface area contributed by atoms with Crippen molar-refractivity contribution in [2.45, 2.75) is 13.8 Å². The number of halogens is 2. The smallest absolute Gasteiger partial charge is 0.145 e. The molecule has 3 nitrogen and oxygen atoms in total. The first-order valence-electron chi connectivity index (χ1n) is 5.75. The molecule has 0 aliphatic rings. The van der Waals surface area contributed by atoms with Crippen LogP contribution in [0.1, 0.15) is 11.1 Å². The maximum Gasteiger partial charge on any atom is 0.145 e. The Hall–Kier alpha value is -1.26. The summed E-state index contributed by atoms with van der Waals surface area (Å²) in [7, 11) is 1.62. The highest BCUT2D eigenvalue weighted by atomic mass is 79.9. The fourth-order valence-corrected chi connectivity index (χ4v) is 2.17. The minimum absolute atomic E-state index is 0.679. The van der Waals surface area contributed by atoms with E-state index in [0.717, 1.165) is 27.1 Å². The van der Waals surface area contributed by atoms with Gasteiger partial charge in [0.25, 0.3) is 0 Å². The Kier molecular flexibility index (Phi) is 4.32. The van der Waals surface area contributed by atoms with Crippen LogP contribution in [0.3, 0.4) is 0 Å². The summed E-state index contributed by atoms with van der Waals surface area (Å²) in [5.74, 6) is 1.44. The van der Waals surface area contributed by atoms with E-state index in [1.165, 1.54) is 0 Å². The minimum Gasteiger partial charge on any atom is -0.495 e. The number of anilines is 2. The topological polar surface area (TPSA) is 34.1 Å². The number of ether oxygens (including phenoxy) is 1. The van der Waals surface area contributed by atoms with E-state index in [0.29, 0.717) is 10.8 Å². The molecule has 0 aliphatic heterocycles. The summed E-state index contributed by atoms with van der Waals surface area (Å²) in [6, 6.07) is 5.68. The number of methoxy groups -OCH3 is 1. The molecular formula is C14H14BrClN2O. The van der Waals surface area contributed by atoms with E-state index >= 15 is 0 Å². The van der Waals surface area contributed by atoms with Gasteiger partial charge in [-0.25, -0.2) is 4.98 Å². The van der Waals surface area contributed by atoms with Crippen LogP contribution in [0.25, 0.3) is 0 Å². The average molecular weight is 342 g/mol. The van der Waals surface area contributed by atoms with Gasteiger partial charge in [0, 0.05) is 17.3 Å². The normalized spacial score (nSPS) is 10.4. The second-order valence-corrected chi connectivity index (χ2v) is 5.42. The lowest BCUT2D eigenvalue weighted by molar-refractivity contribution is 0.416. The molecule has 1 N–H and O–H groups in total. The highest BCUT2D eigenvalue weighted by molar-refractivity contribution is 9.10. The molecule has 0 bridgehead atoms. The lowest BCUT2D eigenvalue weighted by Crippen LogP contribution is -1.99. The first-order valence-corrected chi connectivity index (χ1v) is 6.92. The molecule has 0 spiro atoms. The van der Waals surface area contributed by atoms with E-state index in [2.05, 4.69) is 26.2 Å². The first kappa shape index (κ1) is 14.2. The van der Waals surface area contributed by atoms with Crippen molar-refractivity contribution in [2.75, 3.05) is 12.4 Å². The zero-order valence-corrected chi connectivity index (χ0v) is 13.3. The number of hydrogen-bond donors (Lipinski definition) is 1. The molecule has 2 aromatic rings. The van der Waals surface area contributed by atoms with E-state index < -0.39 is 0 Å². The van der Waals surface area contributed by atoms with Crippen molar-refractivity contribution in [1.82, 2.24) is 4.98 Å². The predicted octanol–water partition coefficient (Wildman–Crippen LogP) is 4.87. The van der Waals surface area contributed by atoms with Crippen LogP contribution in [0, 0.1) is 13.8 Å². The van der Waals surface area contributed by atoms with Gasteiger partial charge in [0.05, 0.1) is 17.3 Å². The Labute approximate surface area is 126 Å². The van der Waals surface area contributed by atoms with Gasteiger partial charge < -0.3 is 10.1 Å². The van der Waals surface area contributed by atoms with Crippen molar-refractivity contribution in [2.24, 2.45) is 0 Å². The maximum atomic E-state index is 6.09. The predicted molar refractivity (Wildman–Crippen MR) is 82.7 cm³/mol. The third-order valence-corrected chi connectivity index (χ3v) is 4.22. The van der Waals surface area contributed by atoms with Crippen molar-refractivity contribution in [3.05, 3.63) is 45.0 Å². The van der Waals surface area contributed by atoms with Crippen molar-refractivity contribution >= 4 is 39.0 Å². The van der Waals surface area contributed by atoms with E-state index in [9.17, 15) is 0 Å². The molecule has 1 aromatic carbocycles. The molecule has 2 rings (SSSR count). The zero-order chi connectivity index (χ0) is 14.0. The van der Waals surface area contributed by atoms with Gasteiger partial charge in [-0.2, -0.15) is 0 Å².